The molecule has 0 amide bonds. The fraction of sp³-hybridized carbons (Fsp3) is 0.273. The summed E-state index contributed by atoms with van der Waals surface area (Å²) in [7, 11) is 0. The largest absolute Gasteiger partial charge is 0.489 e. The van der Waals surface area contributed by atoms with E-state index in [4.69, 9.17) is 14.2 Å². The Bertz CT molecular complexity index is 880. The minimum Gasteiger partial charge on any atom is -0.489 e. The molecule has 27 heavy (non-hydrogen) atoms. The van der Waals surface area contributed by atoms with Crippen LogP contribution >= 0.6 is 0 Å². The van der Waals surface area contributed by atoms with Gasteiger partial charge in [-0.15, -0.1) is 0 Å². The molecule has 0 aliphatic rings. The summed E-state index contributed by atoms with van der Waals surface area (Å²) in [6, 6.07) is 19.6. The number of rotatable bonds is 9. The molecule has 0 saturated carbocycles. The third-order valence-corrected chi connectivity index (χ3v) is 3.97. The Kier molecular flexibility index (Phi) is 6.63. The molecule has 0 N–H and O–H groups in total. The van der Waals surface area contributed by atoms with Crippen molar-refractivity contribution in [3.05, 3.63) is 66.2 Å². The van der Waals surface area contributed by atoms with Gasteiger partial charge in [0.1, 0.15) is 12.4 Å². The van der Waals surface area contributed by atoms with E-state index >= 15 is 0 Å². The molecule has 0 spiro atoms. The molecular weight excluding hydrogens is 342 g/mol. The van der Waals surface area contributed by atoms with Gasteiger partial charge < -0.3 is 14.2 Å². The molecule has 5 nitrogen and oxygen atoms in total. The third kappa shape index (κ3) is 5.71. The smallest absolute Gasteiger partial charge is 0.305 e. The highest BCUT2D eigenvalue weighted by Gasteiger charge is 2.04. The maximum Gasteiger partial charge on any atom is 0.305 e. The summed E-state index contributed by atoms with van der Waals surface area (Å²) in [4.78, 5) is 15.8. The van der Waals surface area contributed by atoms with E-state index in [-0.39, 0.29) is 5.97 Å². The highest BCUT2D eigenvalue weighted by atomic mass is 16.5. The minimum absolute atomic E-state index is 0.201. The van der Waals surface area contributed by atoms with Crippen molar-refractivity contribution < 1.29 is 19.0 Å². The van der Waals surface area contributed by atoms with Crippen molar-refractivity contribution >= 4 is 16.9 Å². The summed E-state index contributed by atoms with van der Waals surface area (Å²) in [5, 5.41) is 1.01. The number of hydrogen-bond acceptors (Lipinski definition) is 5. The summed E-state index contributed by atoms with van der Waals surface area (Å²) >= 11 is 0. The van der Waals surface area contributed by atoms with Crippen LogP contribution in [0.1, 0.15) is 25.3 Å². The van der Waals surface area contributed by atoms with E-state index in [9.17, 15) is 4.79 Å². The van der Waals surface area contributed by atoms with Crippen molar-refractivity contribution in [3.63, 3.8) is 0 Å². The highest BCUT2D eigenvalue weighted by Crippen LogP contribution is 2.22. The van der Waals surface area contributed by atoms with Crippen LogP contribution in [0.25, 0.3) is 10.9 Å². The summed E-state index contributed by atoms with van der Waals surface area (Å²) in [5.41, 5.74) is 1.92. The number of carbonyl (C=O) groups is 1. The predicted molar refractivity (Wildman–Crippen MR) is 104 cm³/mol. The fourth-order valence-electron chi connectivity index (χ4n) is 2.62. The van der Waals surface area contributed by atoms with Gasteiger partial charge in [0, 0.05) is 23.9 Å². The first kappa shape index (κ1) is 18.7. The normalized spacial score (nSPS) is 10.6. The van der Waals surface area contributed by atoms with Crippen LogP contribution in [0.15, 0.2) is 60.7 Å². The van der Waals surface area contributed by atoms with Gasteiger partial charge in [-0.3, -0.25) is 4.79 Å². The van der Waals surface area contributed by atoms with Crippen LogP contribution in [0.4, 0.5) is 0 Å². The zero-order valence-corrected chi connectivity index (χ0v) is 15.4. The van der Waals surface area contributed by atoms with Gasteiger partial charge in [-0.05, 0) is 37.1 Å². The van der Waals surface area contributed by atoms with Crippen LogP contribution in [-0.2, 0) is 16.1 Å². The average molecular weight is 365 g/mol. The first-order chi connectivity index (χ1) is 13.2. The second-order valence-corrected chi connectivity index (χ2v) is 6.04. The zero-order chi connectivity index (χ0) is 18.9. The summed E-state index contributed by atoms with van der Waals surface area (Å²) < 4.78 is 16.4. The number of carbonyl (C=O) groups excluding carboxylic acids is 1. The van der Waals surface area contributed by atoms with Gasteiger partial charge in [0.15, 0.2) is 0 Å². The molecule has 0 fully saturated rings. The van der Waals surface area contributed by atoms with Crippen LogP contribution in [0, 0.1) is 0 Å². The van der Waals surface area contributed by atoms with Crippen molar-refractivity contribution in [3.8, 4) is 11.6 Å². The molecular formula is C22H23NO4. The quantitative estimate of drug-likeness (QED) is 0.412. The molecule has 3 aromatic rings. The van der Waals surface area contributed by atoms with Crippen molar-refractivity contribution in [1.82, 2.24) is 4.98 Å². The number of hydrogen-bond donors (Lipinski definition) is 0. The van der Waals surface area contributed by atoms with Gasteiger partial charge in [0.25, 0.3) is 0 Å². The van der Waals surface area contributed by atoms with Gasteiger partial charge in [-0.1, -0.05) is 30.3 Å². The standard InChI is InChI=1S/C22H23NO4/c1-2-25-22(24)9-6-14-26-21-13-11-18-10-12-19(15-20(18)23-21)27-16-17-7-4-3-5-8-17/h3-5,7-8,10-13,15H,2,6,9,14,16H2,1H3. The topological polar surface area (TPSA) is 57.7 Å². The molecule has 0 aliphatic carbocycles. The molecule has 1 heterocycles. The SMILES string of the molecule is CCOC(=O)CCCOc1ccc2ccc(OCc3ccccc3)cc2n1. The first-order valence-corrected chi connectivity index (χ1v) is 9.10. The summed E-state index contributed by atoms with van der Waals surface area (Å²) in [5.74, 6) is 1.10. The molecule has 140 valence electrons. The fourth-order valence-corrected chi connectivity index (χ4v) is 2.62. The maximum atomic E-state index is 11.3. The lowest BCUT2D eigenvalue weighted by Gasteiger charge is -2.09. The highest BCUT2D eigenvalue weighted by molar-refractivity contribution is 5.80. The number of pyridine rings is 1. The van der Waals surface area contributed by atoms with Gasteiger partial charge in [0.05, 0.1) is 18.7 Å². The number of ether oxygens (including phenoxy) is 3. The van der Waals surface area contributed by atoms with E-state index < -0.39 is 0 Å². The van der Waals surface area contributed by atoms with Crippen LogP contribution in [-0.4, -0.2) is 24.2 Å². The lowest BCUT2D eigenvalue weighted by molar-refractivity contribution is -0.143. The van der Waals surface area contributed by atoms with Crippen LogP contribution in [0.2, 0.25) is 0 Å². The van der Waals surface area contributed by atoms with Gasteiger partial charge in [-0.25, -0.2) is 4.98 Å². The number of nitrogens with zero attached hydrogens (tertiary/aromatic N) is 1. The molecule has 2 aromatic carbocycles. The third-order valence-electron chi connectivity index (χ3n) is 3.97. The Morgan fingerprint density at radius 1 is 1.00 bits per heavy atom. The van der Waals surface area contributed by atoms with E-state index in [1.165, 1.54) is 0 Å². The number of fused-ring (bicyclic) bond motifs is 1. The number of esters is 1. The van der Waals surface area contributed by atoms with E-state index in [0.29, 0.717) is 38.5 Å². The van der Waals surface area contributed by atoms with Crippen molar-refractivity contribution in [2.75, 3.05) is 13.2 Å². The van der Waals surface area contributed by atoms with Crippen molar-refractivity contribution in [2.45, 2.75) is 26.4 Å². The average Bonchev–Trinajstić information content (AvgIpc) is 2.70. The molecule has 0 unspecified atom stereocenters. The van der Waals surface area contributed by atoms with Gasteiger partial charge in [-0.2, -0.15) is 0 Å². The molecule has 1 aromatic heterocycles. The Balaban J connectivity index is 1.57. The van der Waals surface area contributed by atoms with Crippen LogP contribution in [0.5, 0.6) is 11.6 Å². The number of benzene rings is 2. The lowest BCUT2D eigenvalue weighted by atomic mass is 10.2. The van der Waals surface area contributed by atoms with E-state index in [0.717, 1.165) is 22.2 Å². The Morgan fingerprint density at radius 2 is 1.81 bits per heavy atom. The Hall–Kier alpha value is -3.08. The molecule has 0 atom stereocenters. The molecule has 0 saturated heterocycles. The predicted octanol–water partition coefficient (Wildman–Crippen LogP) is 4.54. The zero-order valence-electron chi connectivity index (χ0n) is 15.4. The van der Waals surface area contributed by atoms with Crippen molar-refractivity contribution in [2.24, 2.45) is 0 Å². The molecule has 0 aliphatic heterocycles. The molecule has 0 bridgehead atoms. The maximum absolute atomic E-state index is 11.3. The summed E-state index contributed by atoms with van der Waals surface area (Å²) in [6.07, 6.45) is 0.942. The Morgan fingerprint density at radius 3 is 2.63 bits per heavy atom. The number of aromatic nitrogens is 1. The first-order valence-electron chi connectivity index (χ1n) is 9.10. The van der Waals surface area contributed by atoms with E-state index in [1.807, 2.05) is 60.7 Å². The monoisotopic (exact) mass is 365 g/mol. The van der Waals surface area contributed by atoms with E-state index in [2.05, 4.69) is 4.98 Å². The second-order valence-electron chi connectivity index (χ2n) is 6.04. The van der Waals surface area contributed by atoms with Gasteiger partial charge in [0.2, 0.25) is 5.88 Å². The lowest BCUT2D eigenvalue weighted by Crippen LogP contribution is -2.07. The van der Waals surface area contributed by atoms with Gasteiger partial charge >= 0.3 is 5.97 Å². The molecule has 3 rings (SSSR count). The second kappa shape index (κ2) is 9.57. The van der Waals surface area contributed by atoms with E-state index in [1.54, 1.807) is 6.92 Å². The molecule has 5 heteroatoms. The van der Waals surface area contributed by atoms with Crippen LogP contribution < -0.4 is 9.47 Å². The van der Waals surface area contributed by atoms with Crippen LogP contribution in [0.3, 0.4) is 0 Å². The molecule has 0 radical (unpaired) electrons. The minimum atomic E-state index is -0.201. The Labute approximate surface area is 158 Å². The van der Waals surface area contributed by atoms with Crippen molar-refractivity contribution in [1.29, 1.82) is 0 Å². The summed E-state index contributed by atoms with van der Waals surface area (Å²) in [6.45, 7) is 3.13.